The number of alkyl halides is 5. The number of carbonyl (C=O) groups is 2. The van der Waals surface area contributed by atoms with Crippen molar-refractivity contribution in [3.8, 4) is 0 Å². The van der Waals surface area contributed by atoms with Crippen LogP contribution in [0.5, 0.6) is 0 Å². The number of ether oxygens (including phenoxy) is 1. The molecular formula is C30H37F5N6O3. The number of rotatable bonds is 14. The molecule has 0 bridgehead atoms. The van der Waals surface area contributed by atoms with Crippen molar-refractivity contribution in [3.05, 3.63) is 47.5 Å². The number of nitrogens with zero attached hydrogens (tertiary/aromatic N) is 3. The Balaban J connectivity index is 1.37. The van der Waals surface area contributed by atoms with Gasteiger partial charge in [0.15, 0.2) is 5.60 Å². The number of amides is 2. The second kappa shape index (κ2) is 12.4. The van der Waals surface area contributed by atoms with Crippen LogP contribution in [0.3, 0.4) is 0 Å². The predicted octanol–water partition coefficient (Wildman–Crippen LogP) is 5.82. The van der Waals surface area contributed by atoms with Crippen LogP contribution in [0.4, 0.5) is 22.0 Å². The van der Waals surface area contributed by atoms with Gasteiger partial charge in [0.2, 0.25) is 11.8 Å². The van der Waals surface area contributed by atoms with E-state index in [0.717, 1.165) is 25.3 Å². The molecule has 2 heterocycles. The molecule has 3 aromatic rings. The van der Waals surface area contributed by atoms with E-state index in [9.17, 15) is 31.5 Å². The molecule has 3 atom stereocenters. The largest absolute Gasteiger partial charge is 0.364 e. The van der Waals surface area contributed by atoms with Crippen LogP contribution < -0.4 is 10.6 Å². The first-order valence-electron chi connectivity index (χ1n) is 14.8. The highest BCUT2D eigenvalue weighted by Gasteiger charge is 2.46. The minimum atomic E-state index is -3.11. The molecule has 14 heteroatoms. The summed E-state index contributed by atoms with van der Waals surface area (Å²) in [5.41, 5.74) is -0.283. The lowest BCUT2D eigenvalue weighted by Crippen LogP contribution is -2.43. The van der Waals surface area contributed by atoms with Crippen molar-refractivity contribution in [1.82, 2.24) is 30.4 Å². The summed E-state index contributed by atoms with van der Waals surface area (Å²) in [5, 5.41) is 9.93. The minimum Gasteiger partial charge on any atom is -0.364 e. The normalized spacial score (nSPS) is 19.5. The fourth-order valence-corrected chi connectivity index (χ4v) is 5.49. The van der Waals surface area contributed by atoms with E-state index in [0.29, 0.717) is 11.0 Å². The highest BCUT2D eigenvalue weighted by Crippen LogP contribution is 2.45. The minimum absolute atomic E-state index is 0.0444. The SMILES string of the molecule is CC(C)n1nccc1C(=O)N[C@@H](COC(C)(CF)C(F)F)c1nc2ccc([C@H](NC(=O)CC3CC(F)(F)C3)C3CC3)cc2[nH]1. The molecule has 9 nitrogen and oxygen atoms in total. The van der Waals surface area contributed by atoms with Gasteiger partial charge in [0, 0.05) is 31.5 Å². The number of imidazole rings is 1. The van der Waals surface area contributed by atoms with Crippen LogP contribution in [0.25, 0.3) is 11.0 Å². The number of aromatic amines is 1. The number of hydrogen-bond donors (Lipinski definition) is 3. The molecule has 0 spiro atoms. The Labute approximate surface area is 251 Å². The van der Waals surface area contributed by atoms with Crippen molar-refractivity contribution in [2.24, 2.45) is 11.8 Å². The van der Waals surface area contributed by atoms with Crippen LogP contribution in [0, 0.1) is 11.8 Å². The average Bonchev–Trinajstić information content (AvgIpc) is 3.49. The Morgan fingerprint density at radius 2 is 1.91 bits per heavy atom. The molecule has 44 heavy (non-hydrogen) atoms. The molecule has 0 aliphatic heterocycles. The Bertz CT molecular complexity index is 1480. The quantitative estimate of drug-likeness (QED) is 0.196. The molecular weight excluding hydrogens is 587 g/mol. The number of aromatic nitrogens is 4. The zero-order valence-electron chi connectivity index (χ0n) is 24.8. The molecule has 0 saturated heterocycles. The third kappa shape index (κ3) is 7.05. The lowest BCUT2D eigenvalue weighted by molar-refractivity contribution is -0.143. The van der Waals surface area contributed by atoms with Crippen molar-refractivity contribution in [2.75, 3.05) is 13.3 Å². The molecule has 2 fully saturated rings. The van der Waals surface area contributed by atoms with Crippen LogP contribution in [-0.4, -0.2) is 62.8 Å². The van der Waals surface area contributed by atoms with Crippen LogP contribution in [0.15, 0.2) is 30.5 Å². The van der Waals surface area contributed by atoms with Gasteiger partial charge in [-0.05, 0) is 69.2 Å². The van der Waals surface area contributed by atoms with E-state index in [1.807, 2.05) is 26.0 Å². The summed E-state index contributed by atoms with van der Waals surface area (Å²) in [5.74, 6) is -3.43. The topological polar surface area (TPSA) is 114 Å². The standard InChI is InChI=1S/C30H37F5N6O3/c1-16(2)41-23(8-9-36-41)27(43)39-22(14-44-29(3,15-31)28(32)33)26-37-20-7-6-19(11-21(20)38-26)25(18-4-5-18)40-24(42)10-17-12-30(34,35)13-17/h6-9,11,16-18,22,25,28H,4-5,10,12-15H2,1-3H3,(H,37,38)(H,39,43)(H,40,42)/t22-,25+,29?/m0/s1. The zero-order chi connectivity index (χ0) is 31.8. The summed E-state index contributed by atoms with van der Waals surface area (Å²) in [7, 11) is 0. The Morgan fingerprint density at radius 1 is 1.18 bits per heavy atom. The highest BCUT2D eigenvalue weighted by molar-refractivity contribution is 5.92. The highest BCUT2D eigenvalue weighted by atomic mass is 19.3. The van der Waals surface area contributed by atoms with E-state index in [-0.39, 0.29) is 60.6 Å². The van der Waals surface area contributed by atoms with E-state index in [1.165, 1.54) is 16.9 Å². The van der Waals surface area contributed by atoms with Crippen molar-refractivity contribution < 1.29 is 36.3 Å². The van der Waals surface area contributed by atoms with Crippen LogP contribution in [-0.2, 0) is 9.53 Å². The first-order valence-corrected chi connectivity index (χ1v) is 14.8. The van der Waals surface area contributed by atoms with Crippen molar-refractivity contribution in [1.29, 1.82) is 0 Å². The molecule has 1 aromatic carbocycles. The van der Waals surface area contributed by atoms with Gasteiger partial charge < -0.3 is 20.4 Å². The van der Waals surface area contributed by atoms with Gasteiger partial charge in [-0.2, -0.15) is 5.10 Å². The lowest BCUT2D eigenvalue weighted by Gasteiger charge is -2.34. The molecule has 0 radical (unpaired) electrons. The van der Waals surface area contributed by atoms with Crippen molar-refractivity contribution >= 4 is 22.8 Å². The van der Waals surface area contributed by atoms with E-state index >= 15 is 0 Å². The summed E-state index contributed by atoms with van der Waals surface area (Å²) in [4.78, 5) is 33.6. The summed E-state index contributed by atoms with van der Waals surface area (Å²) < 4.78 is 74.1. The fourth-order valence-electron chi connectivity index (χ4n) is 5.49. The van der Waals surface area contributed by atoms with Gasteiger partial charge in [-0.15, -0.1) is 0 Å². The third-order valence-electron chi connectivity index (χ3n) is 8.28. The van der Waals surface area contributed by atoms with Gasteiger partial charge in [-0.25, -0.2) is 26.9 Å². The van der Waals surface area contributed by atoms with Crippen molar-refractivity contribution in [3.63, 3.8) is 0 Å². The number of benzene rings is 1. The molecule has 2 aliphatic rings. The second-order valence-corrected chi connectivity index (χ2v) is 12.5. The number of hydrogen-bond acceptors (Lipinski definition) is 5. The number of fused-ring (bicyclic) bond motifs is 1. The zero-order valence-corrected chi connectivity index (χ0v) is 24.8. The van der Waals surface area contributed by atoms with Gasteiger partial charge in [0.1, 0.15) is 24.2 Å². The van der Waals surface area contributed by atoms with E-state index < -0.39 is 43.2 Å². The second-order valence-electron chi connectivity index (χ2n) is 12.5. The maximum Gasteiger partial charge on any atom is 0.270 e. The first-order chi connectivity index (χ1) is 20.8. The predicted molar refractivity (Wildman–Crippen MR) is 151 cm³/mol. The third-order valence-corrected chi connectivity index (χ3v) is 8.28. The van der Waals surface area contributed by atoms with Gasteiger partial charge in [-0.3, -0.25) is 14.3 Å². The van der Waals surface area contributed by atoms with E-state index in [2.05, 4.69) is 25.7 Å². The summed E-state index contributed by atoms with van der Waals surface area (Å²) in [6.45, 7) is 2.71. The summed E-state index contributed by atoms with van der Waals surface area (Å²) in [6, 6.07) is 5.38. The number of carbonyl (C=O) groups excluding carboxylic acids is 2. The maximum atomic E-state index is 13.6. The Kier molecular flexibility index (Phi) is 9.01. The smallest absolute Gasteiger partial charge is 0.270 e. The van der Waals surface area contributed by atoms with Crippen molar-refractivity contribution in [2.45, 2.75) is 88.9 Å². The first kappa shape index (κ1) is 31.9. The number of halogens is 5. The molecule has 2 aliphatic carbocycles. The Morgan fingerprint density at radius 3 is 2.52 bits per heavy atom. The molecule has 2 saturated carbocycles. The van der Waals surface area contributed by atoms with Gasteiger partial charge >= 0.3 is 0 Å². The summed E-state index contributed by atoms with van der Waals surface area (Å²) >= 11 is 0. The molecule has 5 rings (SSSR count). The molecule has 3 N–H and O–H groups in total. The van der Waals surface area contributed by atoms with Crippen LogP contribution in [0.1, 0.15) is 92.9 Å². The molecule has 2 amide bonds. The van der Waals surface area contributed by atoms with E-state index in [4.69, 9.17) is 4.74 Å². The van der Waals surface area contributed by atoms with Gasteiger partial charge in [0.25, 0.3) is 12.3 Å². The maximum absolute atomic E-state index is 13.6. The van der Waals surface area contributed by atoms with Crippen LogP contribution in [0.2, 0.25) is 0 Å². The number of H-pyrrole nitrogens is 1. The van der Waals surface area contributed by atoms with Gasteiger partial charge in [0.05, 0.1) is 23.7 Å². The molecule has 2 aromatic heterocycles. The van der Waals surface area contributed by atoms with E-state index in [1.54, 1.807) is 6.07 Å². The fraction of sp³-hybridized carbons (Fsp3) is 0.600. The number of nitrogens with one attached hydrogen (secondary N) is 3. The average molecular weight is 625 g/mol. The monoisotopic (exact) mass is 624 g/mol. The molecule has 240 valence electrons. The summed E-state index contributed by atoms with van der Waals surface area (Å²) in [6.07, 6.45) is -0.330. The van der Waals surface area contributed by atoms with Gasteiger partial charge in [-0.1, -0.05) is 6.07 Å². The Hall–Kier alpha value is -3.55. The molecule has 1 unspecified atom stereocenters. The lowest BCUT2D eigenvalue weighted by atomic mass is 9.79. The van der Waals surface area contributed by atoms with Crippen LogP contribution >= 0.6 is 0 Å².